The Morgan fingerprint density at radius 3 is 2.47 bits per heavy atom. The Kier molecular flexibility index (Phi) is 4.07. The maximum atomic E-state index is 11.6. The van der Waals surface area contributed by atoms with Crippen LogP contribution in [0.3, 0.4) is 0 Å². The van der Waals surface area contributed by atoms with Gasteiger partial charge in [-0.2, -0.15) is 0 Å². The number of nitrogens with one attached hydrogen (secondary N) is 1. The number of piperidine rings is 1. The molecule has 0 bridgehead atoms. The van der Waals surface area contributed by atoms with Crippen LogP contribution in [0.4, 0.5) is 4.79 Å². The minimum Gasteiger partial charge on any atom is -0.443 e. The van der Waals surface area contributed by atoms with Crippen molar-refractivity contribution in [3.05, 3.63) is 0 Å². The van der Waals surface area contributed by atoms with Crippen LogP contribution < -0.4 is 5.43 Å². The van der Waals surface area contributed by atoms with Crippen LogP contribution in [0.15, 0.2) is 0 Å². The van der Waals surface area contributed by atoms with Crippen molar-refractivity contribution in [1.29, 1.82) is 0 Å². The van der Waals surface area contributed by atoms with Gasteiger partial charge in [-0.15, -0.1) is 0 Å². The number of hydrogen-bond acceptors (Lipinski definition) is 3. The van der Waals surface area contributed by atoms with Crippen LogP contribution in [-0.4, -0.2) is 29.8 Å². The maximum Gasteiger partial charge on any atom is 0.422 e. The minimum atomic E-state index is -0.442. The fourth-order valence-electron chi connectivity index (χ4n) is 1.99. The van der Waals surface area contributed by atoms with Crippen molar-refractivity contribution in [3.8, 4) is 0 Å². The lowest BCUT2D eigenvalue weighted by molar-refractivity contribution is 0.00138. The van der Waals surface area contributed by atoms with Crippen molar-refractivity contribution in [2.24, 2.45) is 11.3 Å². The van der Waals surface area contributed by atoms with Crippen molar-refractivity contribution in [1.82, 2.24) is 10.4 Å². The van der Waals surface area contributed by atoms with E-state index in [0.717, 1.165) is 19.5 Å². The summed E-state index contributed by atoms with van der Waals surface area (Å²) in [5, 5.41) is 1.97. The molecule has 0 spiro atoms. The summed E-state index contributed by atoms with van der Waals surface area (Å²) in [5.74, 6) is 0.680. The SMILES string of the molecule is C[C@H]1CCN(NC(=O)OC(C)(C)C)CC1(C)C. The van der Waals surface area contributed by atoms with E-state index >= 15 is 0 Å². The molecular formula is C13H26N2O2. The summed E-state index contributed by atoms with van der Waals surface area (Å²) in [5.41, 5.74) is 2.61. The average molecular weight is 242 g/mol. The van der Waals surface area contributed by atoms with Crippen LogP contribution in [0.1, 0.15) is 48.0 Å². The molecule has 1 atom stereocenters. The van der Waals surface area contributed by atoms with Crippen molar-refractivity contribution >= 4 is 6.09 Å². The molecular weight excluding hydrogens is 216 g/mol. The number of carbonyl (C=O) groups is 1. The molecule has 0 aromatic heterocycles. The number of hydrogen-bond donors (Lipinski definition) is 1. The zero-order chi connectivity index (χ0) is 13.3. The third kappa shape index (κ3) is 4.54. The normalized spacial score (nSPS) is 25.4. The van der Waals surface area contributed by atoms with Gasteiger partial charge in [-0.1, -0.05) is 20.8 Å². The molecule has 0 aromatic carbocycles. The second kappa shape index (κ2) is 4.84. The standard InChI is InChI=1S/C13H26N2O2/c1-10-7-8-15(9-13(10,5)6)14-11(16)17-12(2,3)4/h10H,7-9H2,1-6H3,(H,14,16)/t10-/m0/s1. The maximum absolute atomic E-state index is 11.6. The van der Waals surface area contributed by atoms with E-state index in [4.69, 9.17) is 4.74 Å². The molecule has 0 radical (unpaired) electrons. The molecule has 100 valence electrons. The Balaban J connectivity index is 2.46. The fourth-order valence-corrected chi connectivity index (χ4v) is 1.99. The summed E-state index contributed by atoms with van der Waals surface area (Å²) in [6, 6.07) is 0. The lowest BCUT2D eigenvalue weighted by atomic mass is 9.75. The van der Waals surface area contributed by atoms with Crippen LogP contribution in [-0.2, 0) is 4.74 Å². The summed E-state index contributed by atoms with van der Waals surface area (Å²) in [6.45, 7) is 14.1. The molecule has 0 aromatic rings. The van der Waals surface area contributed by atoms with E-state index in [-0.39, 0.29) is 11.5 Å². The van der Waals surface area contributed by atoms with E-state index in [1.165, 1.54) is 0 Å². The van der Waals surface area contributed by atoms with Gasteiger partial charge in [0.15, 0.2) is 0 Å². The van der Waals surface area contributed by atoms with Gasteiger partial charge in [0.25, 0.3) is 0 Å². The Morgan fingerprint density at radius 2 is 2.00 bits per heavy atom. The quantitative estimate of drug-likeness (QED) is 0.768. The van der Waals surface area contributed by atoms with Crippen LogP contribution in [0.25, 0.3) is 0 Å². The third-order valence-corrected chi connectivity index (χ3v) is 3.41. The van der Waals surface area contributed by atoms with Gasteiger partial charge in [0.1, 0.15) is 5.60 Å². The molecule has 1 heterocycles. The van der Waals surface area contributed by atoms with Gasteiger partial charge in [0.2, 0.25) is 0 Å². The van der Waals surface area contributed by atoms with Gasteiger partial charge in [-0.05, 0) is 38.5 Å². The first-order valence-corrected chi connectivity index (χ1v) is 6.35. The highest BCUT2D eigenvalue weighted by Crippen LogP contribution is 2.33. The lowest BCUT2D eigenvalue weighted by Gasteiger charge is -2.42. The van der Waals surface area contributed by atoms with Crippen LogP contribution >= 0.6 is 0 Å². The number of ether oxygens (including phenoxy) is 1. The smallest absolute Gasteiger partial charge is 0.422 e. The van der Waals surface area contributed by atoms with Gasteiger partial charge in [-0.3, -0.25) is 5.43 Å². The van der Waals surface area contributed by atoms with E-state index in [2.05, 4.69) is 26.2 Å². The summed E-state index contributed by atoms with van der Waals surface area (Å²) in [7, 11) is 0. The highest BCUT2D eigenvalue weighted by Gasteiger charge is 2.33. The Labute approximate surface area is 105 Å². The van der Waals surface area contributed by atoms with Gasteiger partial charge < -0.3 is 4.74 Å². The highest BCUT2D eigenvalue weighted by molar-refractivity contribution is 5.67. The van der Waals surface area contributed by atoms with Crippen molar-refractivity contribution in [3.63, 3.8) is 0 Å². The molecule has 1 rings (SSSR count). The van der Waals surface area contributed by atoms with Crippen LogP contribution in [0, 0.1) is 11.3 Å². The molecule has 4 heteroatoms. The Morgan fingerprint density at radius 1 is 1.41 bits per heavy atom. The lowest BCUT2D eigenvalue weighted by Crippen LogP contribution is -2.53. The fraction of sp³-hybridized carbons (Fsp3) is 0.923. The van der Waals surface area contributed by atoms with E-state index in [0.29, 0.717) is 5.92 Å². The zero-order valence-corrected chi connectivity index (χ0v) is 12.0. The molecule has 1 amide bonds. The first-order chi connectivity index (χ1) is 7.60. The summed E-state index contributed by atoms with van der Waals surface area (Å²) in [4.78, 5) is 11.6. The van der Waals surface area contributed by atoms with Crippen molar-refractivity contribution in [2.45, 2.75) is 53.6 Å². The molecule has 0 aliphatic carbocycles. The zero-order valence-electron chi connectivity index (χ0n) is 12.0. The van der Waals surface area contributed by atoms with Gasteiger partial charge >= 0.3 is 6.09 Å². The summed E-state index contributed by atoms with van der Waals surface area (Å²) in [6.07, 6.45) is 0.742. The number of carbonyl (C=O) groups excluding carboxylic acids is 1. The molecule has 1 aliphatic heterocycles. The highest BCUT2D eigenvalue weighted by atomic mass is 16.6. The number of hydrazine groups is 1. The van der Waals surface area contributed by atoms with Crippen LogP contribution in [0.5, 0.6) is 0 Å². The third-order valence-electron chi connectivity index (χ3n) is 3.41. The molecule has 0 saturated carbocycles. The summed E-state index contributed by atoms with van der Waals surface area (Å²) >= 11 is 0. The molecule has 1 fully saturated rings. The van der Waals surface area contributed by atoms with Crippen LogP contribution in [0.2, 0.25) is 0 Å². The predicted octanol–water partition coefficient (Wildman–Crippen LogP) is 2.79. The first kappa shape index (κ1) is 14.3. The Hall–Kier alpha value is -0.770. The molecule has 1 aliphatic rings. The first-order valence-electron chi connectivity index (χ1n) is 6.35. The van der Waals surface area contributed by atoms with Gasteiger partial charge in [-0.25, -0.2) is 9.80 Å². The monoisotopic (exact) mass is 242 g/mol. The molecule has 1 N–H and O–H groups in total. The number of rotatable bonds is 1. The number of amides is 1. The van der Waals surface area contributed by atoms with Crippen molar-refractivity contribution in [2.75, 3.05) is 13.1 Å². The number of nitrogens with zero attached hydrogens (tertiary/aromatic N) is 1. The predicted molar refractivity (Wildman–Crippen MR) is 68.5 cm³/mol. The molecule has 4 nitrogen and oxygen atoms in total. The molecule has 17 heavy (non-hydrogen) atoms. The van der Waals surface area contributed by atoms with Gasteiger partial charge in [0.05, 0.1) is 0 Å². The molecule has 0 unspecified atom stereocenters. The molecule has 1 saturated heterocycles. The van der Waals surface area contributed by atoms with E-state index < -0.39 is 5.60 Å². The van der Waals surface area contributed by atoms with Gasteiger partial charge in [0, 0.05) is 13.1 Å². The van der Waals surface area contributed by atoms with E-state index in [1.54, 1.807) is 0 Å². The van der Waals surface area contributed by atoms with Crippen molar-refractivity contribution < 1.29 is 9.53 Å². The summed E-state index contributed by atoms with van der Waals surface area (Å²) < 4.78 is 5.24. The second-order valence-corrected chi connectivity index (χ2v) is 6.71. The largest absolute Gasteiger partial charge is 0.443 e. The average Bonchev–Trinajstić information content (AvgIpc) is 2.07. The topological polar surface area (TPSA) is 41.6 Å². The Bertz CT molecular complexity index is 282. The van der Waals surface area contributed by atoms with E-state index in [1.807, 2.05) is 25.8 Å². The minimum absolute atomic E-state index is 0.229. The van der Waals surface area contributed by atoms with E-state index in [9.17, 15) is 4.79 Å². The second-order valence-electron chi connectivity index (χ2n) is 6.71.